The fourth-order valence-corrected chi connectivity index (χ4v) is 4.81. The van der Waals surface area contributed by atoms with Crippen LogP contribution >= 0.6 is 11.6 Å². The monoisotopic (exact) mass is 523 g/mol. The fourth-order valence-electron chi connectivity index (χ4n) is 4.68. The molecule has 0 radical (unpaired) electrons. The van der Waals surface area contributed by atoms with Gasteiger partial charge in [0.05, 0.1) is 34.8 Å². The first-order valence-electron chi connectivity index (χ1n) is 12.4. The Morgan fingerprint density at radius 3 is 2.34 bits per heavy atom. The van der Waals surface area contributed by atoms with Crippen LogP contribution in [0.5, 0.6) is 0 Å². The molecule has 0 bridgehead atoms. The molecule has 0 aliphatic carbocycles. The number of anilines is 1. The number of hydrogen-bond acceptors (Lipinski definition) is 6. The van der Waals surface area contributed by atoms with Crippen molar-refractivity contribution < 1.29 is 0 Å². The molecule has 8 heteroatoms. The minimum atomic E-state index is -0.702. The fraction of sp³-hybridized carbons (Fsp3) is 0.267. The van der Waals surface area contributed by atoms with E-state index >= 15 is 0 Å². The molecule has 0 fully saturated rings. The first-order valence-corrected chi connectivity index (χ1v) is 12.8. The Morgan fingerprint density at radius 1 is 1.03 bits per heavy atom. The molecule has 0 aliphatic heterocycles. The summed E-state index contributed by atoms with van der Waals surface area (Å²) in [5.41, 5.74) is 9.60. The minimum absolute atomic E-state index is 0.0352. The SMILES string of the molecule is C[C@H](NC(c1ccc(-n2cnc(N)n2)cc1)C(C)(C)C#N)[C@@H](Cc1ccc(Cl)cc1)c1cccc(C#N)c1. The van der Waals surface area contributed by atoms with E-state index in [0.29, 0.717) is 10.6 Å². The van der Waals surface area contributed by atoms with Gasteiger partial charge in [-0.25, -0.2) is 9.67 Å². The summed E-state index contributed by atoms with van der Waals surface area (Å²) in [5.74, 6) is 0.249. The Balaban J connectivity index is 1.67. The summed E-state index contributed by atoms with van der Waals surface area (Å²) in [7, 11) is 0. The third kappa shape index (κ3) is 6.20. The summed E-state index contributed by atoms with van der Waals surface area (Å²) < 4.78 is 1.62. The Kier molecular flexibility index (Phi) is 8.12. The zero-order valence-corrected chi connectivity index (χ0v) is 22.4. The number of hydrogen-bond donors (Lipinski definition) is 2. The molecular weight excluding hydrogens is 494 g/mol. The van der Waals surface area contributed by atoms with Crippen LogP contribution in [0, 0.1) is 28.1 Å². The summed E-state index contributed by atoms with van der Waals surface area (Å²) >= 11 is 6.13. The third-order valence-corrected chi connectivity index (χ3v) is 7.11. The molecule has 1 heterocycles. The van der Waals surface area contributed by atoms with E-state index in [1.54, 1.807) is 11.0 Å². The van der Waals surface area contributed by atoms with Crippen LogP contribution in [0.15, 0.2) is 79.1 Å². The van der Waals surface area contributed by atoms with Gasteiger partial charge in [0.2, 0.25) is 5.95 Å². The van der Waals surface area contributed by atoms with Gasteiger partial charge < -0.3 is 11.1 Å². The average Bonchev–Trinajstić information content (AvgIpc) is 3.37. The first kappa shape index (κ1) is 26.9. The van der Waals surface area contributed by atoms with Gasteiger partial charge in [-0.2, -0.15) is 10.5 Å². The van der Waals surface area contributed by atoms with Crippen molar-refractivity contribution in [1.29, 1.82) is 10.5 Å². The molecule has 0 saturated heterocycles. The zero-order chi connectivity index (χ0) is 27.3. The van der Waals surface area contributed by atoms with Gasteiger partial charge >= 0.3 is 0 Å². The minimum Gasteiger partial charge on any atom is -0.366 e. The number of aromatic nitrogens is 3. The van der Waals surface area contributed by atoms with Gasteiger partial charge in [-0.1, -0.05) is 48.0 Å². The number of halogens is 1. The summed E-state index contributed by atoms with van der Waals surface area (Å²) in [6.07, 6.45) is 2.31. The predicted octanol–water partition coefficient (Wildman–Crippen LogP) is 5.97. The van der Waals surface area contributed by atoms with E-state index < -0.39 is 5.41 Å². The summed E-state index contributed by atoms with van der Waals surface area (Å²) in [5, 5.41) is 28.2. The van der Waals surface area contributed by atoms with Crippen LogP contribution in [-0.4, -0.2) is 20.8 Å². The number of nitrogens with zero attached hydrogens (tertiary/aromatic N) is 5. The molecular formula is C30H30ClN7. The standard InChI is InChI=1S/C30H30ClN7/c1-20(27(16-21-7-11-25(31)12-8-21)24-6-4-5-22(15-24)17-32)36-28(30(2,3)18-33)23-9-13-26(14-10-23)38-19-35-29(34)37-38/h4-15,19-20,27-28,36H,16H2,1-3H3,(H2,34,37)/t20-,27+,28?/m0/s1. The van der Waals surface area contributed by atoms with Crippen LogP contribution in [0.3, 0.4) is 0 Å². The molecule has 3 atom stereocenters. The highest BCUT2D eigenvalue weighted by Crippen LogP contribution is 2.36. The van der Waals surface area contributed by atoms with Crippen LogP contribution in [0.1, 0.15) is 55.0 Å². The number of nitrogen functional groups attached to an aromatic ring is 1. The molecule has 38 heavy (non-hydrogen) atoms. The Labute approximate surface area is 228 Å². The normalized spacial score (nSPS) is 13.7. The lowest BCUT2D eigenvalue weighted by molar-refractivity contribution is 0.281. The van der Waals surface area contributed by atoms with Gasteiger partial charge in [-0.3, -0.25) is 0 Å². The van der Waals surface area contributed by atoms with Crippen LogP contribution in [0.4, 0.5) is 5.95 Å². The number of nitrogens with one attached hydrogen (secondary N) is 1. The topological polar surface area (TPSA) is 116 Å². The molecule has 4 rings (SSSR count). The van der Waals surface area contributed by atoms with Crippen molar-refractivity contribution >= 4 is 17.5 Å². The van der Waals surface area contributed by atoms with E-state index in [4.69, 9.17) is 17.3 Å². The Bertz CT molecular complexity index is 1460. The second-order valence-corrected chi connectivity index (χ2v) is 10.5. The zero-order valence-electron chi connectivity index (χ0n) is 21.6. The highest BCUT2D eigenvalue weighted by molar-refractivity contribution is 6.30. The van der Waals surface area contributed by atoms with E-state index in [9.17, 15) is 10.5 Å². The molecule has 0 amide bonds. The Morgan fingerprint density at radius 2 is 1.74 bits per heavy atom. The molecule has 3 N–H and O–H groups in total. The van der Waals surface area contributed by atoms with Gasteiger partial charge in [0.1, 0.15) is 6.33 Å². The van der Waals surface area contributed by atoms with E-state index in [1.165, 1.54) is 0 Å². The van der Waals surface area contributed by atoms with Crippen LogP contribution in [-0.2, 0) is 6.42 Å². The largest absolute Gasteiger partial charge is 0.366 e. The molecule has 0 aliphatic rings. The molecule has 0 spiro atoms. The van der Waals surface area contributed by atoms with Gasteiger partial charge in [0.15, 0.2) is 0 Å². The van der Waals surface area contributed by atoms with Crippen molar-refractivity contribution in [3.8, 4) is 17.8 Å². The number of benzene rings is 3. The summed E-state index contributed by atoms with van der Waals surface area (Å²) in [6.45, 7) is 6.01. The van der Waals surface area contributed by atoms with Crippen molar-refractivity contribution in [3.05, 3.63) is 106 Å². The average molecular weight is 524 g/mol. The van der Waals surface area contributed by atoms with Crippen molar-refractivity contribution in [2.75, 3.05) is 5.73 Å². The summed E-state index contributed by atoms with van der Waals surface area (Å²) in [4.78, 5) is 3.99. The van der Waals surface area contributed by atoms with Gasteiger partial charge in [0, 0.05) is 17.0 Å². The van der Waals surface area contributed by atoms with Gasteiger partial charge in [-0.15, -0.1) is 5.10 Å². The maximum Gasteiger partial charge on any atom is 0.239 e. The molecule has 0 saturated carbocycles. The lowest BCUT2D eigenvalue weighted by atomic mass is 9.79. The van der Waals surface area contributed by atoms with Crippen molar-refractivity contribution in [2.24, 2.45) is 5.41 Å². The molecule has 7 nitrogen and oxygen atoms in total. The maximum absolute atomic E-state index is 10.1. The van der Waals surface area contributed by atoms with Crippen molar-refractivity contribution in [3.63, 3.8) is 0 Å². The summed E-state index contributed by atoms with van der Waals surface area (Å²) in [6, 6.07) is 27.9. The number of nitriles is 2. The number of nitrogens with two attached hydrogens (primary N) is 1. The maximum atomic E-state index is 10.1. The lowest BCUT2D eigenvalue weighted by Crippen LogP contribution is -2.42. The van der Waals surface area contributed by atoms with E-state index in [2.05, 4.69) is 40.5 Å². The number of rotatable bonds is 9. The van der Waals surface area contributed by atoms with E-state index in [-0.39, 0.29) is 23.9 Å². The molecule has 192 valence electrons. The predicted molar refractivity (Wildman–Crippen MR) is 150 cm³/mol. The third-order valence-electron chi connectivity index (χ3n) is 6.86. The van der Waals surface area contributed by atoms with Crippen LogP contribution in [0.2, 0.25) is 5.02 Å². The molecule has 1 aromatic heterocycles. The van der Waals surface area contributed by atoms with Crippen molar-refractivity contribution in [2.45, 2.75) is 45.2 Å². The van der Waals surface area contributed by atoms with Gasteiger partial charge in [0.25, 0.3) is 0 Å². The van der Waals surface area contributed by atoms with E-state index in [0.717, 1.165) is 28.8 Å². The lowest BCUT2D eigenvalue weighted by Gasteiger charge is -2.36. The highest BCUT2D eigenvalue weighted by Gasteiger charge is 2.34. The smallest absolute Gasteiger partial charge is 0.239 e. The second-order valence-electron chi connectivity index (χ2n) is 10.0. The van der Waals surface area contributed by atoms with Crippen molar-refractivity contribution in [1.82, 2.24) is 20.1 Å². The molecule has 1 unspecified atom stereocenters. The van der Waals surface area contributed by atoms with Crippen LogP contribution < -0.4 is 11.1 Å². The highest BCUT2D eigenvalue weighted by atomic mass is 35.5. The van der Waals surface area contributed by atoms with Crippen LogP contribution in [0.25, 0.3) is 5.69 Å². The first-order chi connectivity index (χ1) is 18.2. The molecule has 4 aromatic rings. The Hall–Kier alpha value is -4.17. The van der Waals surface area contributed by atoms with E-state index in [1.807, 2.05) is 80.6 Å². The molecule has 3 aromatic carbocycles. The quantitative estimate of drug-likeness (QED) is 0.279. The second kappa shape index (κ2) is 11.5. The van der Waals surface area contributed by atoms with Gasteiger partial charge in [-0.05, 0) is 80.3 Å².